The van der Waals surface area contributed by atoms with Gasteiger partial charge in [0, 0.05) is 19.3 Å². The van der Waals surface area contributed by atoms with Gasteiger partial charge in [0.15, 0.2) is 0 Å². The van der Waals surface area contributed by atoms with Gasteiger partial charge in [-0.05, 0) is 19.1 Å². The van der Waals surface area contributed by atoms with Crippen LogP contribution in [-0.4, -0.2) is 59.2 Å². The van der Waals surface area contributed by atoms with Gasteiger partial charge in [-0.25, -0.2) is 9.78 Å². The first-order valence-corrected chi connectivity index (χ1v) is 6.40. The zero-order valence-corrected chi connectivity index (χ0v) is 11.2. The van der Waals surface area contributed by atoms with E-state index in [1.807, 2.05) is 0 Å². The molecule has 1 fully saturated rings. The van der Waals surface area contributed by atoms with Crippen molar-refractivity contribution in [3.63, 3.8) is 0 Å². The van der Waals surface area contributed by atoms with Crippen molar-refractivity contribution in [3.05, 3.63) is 23.9 Å². The smallest absolute Gasteiger partial charge is 0.335 e. The van der Waals surface area contributed by atoms with Crippen LogP contribution in [0.3, 0.4) is 0 Å². The molecule has 7 nitrogen and oxygen atoms in total. The maximum atomic E-state index is 12.2. The second kappa shape index (κ2) is 6.33. The zero-order valence-electron chi connectivity index (χ0n) is 11.2. The van der Waals surface area contributed by atoms with E-state index in [0.717, 1.165) is 0 Å². The summed E-state index contributed by atoms with van der Waals surface area (Å²) in [5.74, 6) is -0.697. The van der Waals surface area contributed by atoms with Gasteiger partial charge in [-0.2, -0.15) is 0 Å². The molecule has 1 atom stereocenters. The molecule has 0 radical (unpaired) electrons. The second-order valence-electron chi connectivity index (χ2n) is 4.54. The van der Waals surface area contributed by atoms with Crippen LogP contribution in [0.1, 0.15) is 17.3 Å². The highest BCUT2D eigenvalue weighted by Gasteiger charge is 2.22. The summed E-state index contributed by atoms with van der Waals surface area (Å²) in [6.45, 7) is 3.98. The Hall–Kier alpha value is -2.15. The van der Waals surface area contributed by atoms with Crippen LogP contribution >= 0.6 is 0 Å². The molecule has 20 heavy (non-hydrogen) atoms. The van der Waals surface area contributed by atoms with Gasteiger partial charge in [-0.3, -0.25) is 4.79 Å². The molecule has 2 rings (SSSR count). The number of hydrogen-bond donors (Lipinski definition) is 2. The molecule has 1 unspecified atom stereocenters. The minimum Gasteiger partial charge on any atom is -0.478 e. The number of anilines is 1. The summed E-state index contributed by atoms with van der Waals surface area (Å²) in [6, 6.07) is 2.34. The molecule has 1 saturated heterocycles. The van der Waals surface area contributed by atoms with Gasteiger partial charge in [0.25, 0.3) is 0 Å². The number of nitrogens with zero attached hydrogens (tertiary/aromatic N) is 2. The summed E-state index contributed by atoms with van der Waals surface area (Å²) in [5, 5.41) is 11.8. The van der Waals surface area contributed by atoms with E-state index < -0.39 is 12.0 Å². The highest BCUT2D eigenvalue weighted by molar-refractivity contribution is 5.89. The number of aromatic carboxylic acids is 1. The SMILES string of the molecule is CC(Nc1cc(C(=O)O)ccn1)C(=O)N1CCOCC1. The Kier molecular flexibility index (Phi) is 4.52. The Balaban J connectivity index is 1.99. The fraction of sp³-hybridized carbons (Fsp3) is 0.462. The van der Waals surface area contributed by atoms with Crippen molar-refractivity contribution in [3.8, 4) is 0 Å². The maximum Gasteiger partial charge on any atom is 0.335 e. The minimum absolute atomic E-state index is 0.0455. The van der Waals surface area contributed by atoms with E-state index in [2.05, 4.69) is 10.3 Å². The van der Waals surface area contributed by atoms with E-state index in [0.29, 0.717) is 32.1 Å². The van der Waals surface area contributed by atoms with Crippen LogP contribution in [0.2, 0.25) is 0 Å². The van der Waals surface area contributed by atoms with Gasteiger partial charge in [-0.1, -0.05) is 0 Å². The molecule has 1 aliphatic heterocycles. The predicted molar refractivity (Wildman–Crippen MR) is 71.7 cm³/mol. The minimum atomic E-state index is -1.03. The number of rotatable bonds is 4. The first-order valence-electron chi connectivity index (χ1n) is 6.40. The molecule has 2 N–H and O–H groups in total. The molecule has 1 aliphatic rings. The van der Waals surface area contributed by atoms with Crippen LogP contribution in [0.5, 0.6) is 0 Å². The van der Waals surface area contributed by atoms with Crippen molar-refractivity contribution in [2.45, 2.75) is 13.0 Å². The van der Waals surface area contributed by atoms with E-state index in [1.165, 1.54) is 18.3 Å². The molecule has 1 aromatic rings. The van der Waals surface area contributed by atoms with Crippen LogP contribution < -0.4 is 5.32 Å². The zero-order chi connectivity index (χ0) is 14.5. The van der Waals surface area contributed by atoms with E-state index in [9.17, 15) is 9.59 Å². The lowest BCUT2D eigenvalue weighted by molar-refractivity contribution is -0.135. The van der Waals surface area contributed by atoms with Crippen molar-refractivity contribution in [2.24, 2.45) is 0 Å². The first-order chi connectivity index (χ1) is 9.58. The number of pyridine rings is 1. The number of carboxylic acids is 1. The number of amides is 1. The normalized spacial score (nSPS) is 16.6. The van der Waals surface area contributed by atoms with E-state index in [4.69, 9.17) is 9.84 Å². The molecule has 1 aromatic heterocycles. The molecular formula is C13H17N3O4. The highest BCUT2D eigenvalue weighted by atomic mass is 16.5. The van der Waals surface area contributed by atoms with E-state index >= 15 is 0 Å². The number of hydrogen-bond acceptors (Lipinski definition) is 5. The Morgan fingerprint density at radius 1 is 1.45 bits per heavy atom. The fourth-order valence-electron chi connectivity index (χ4n) is 1.98. The number of aromatic nitrogens is 1. The first kappa shape index (κ1) is 14.3. The molecule has 0 bridgehead atoms. The van der Waals surface area contributed by atoms with Gasteiger partial charge in [-0.15, -0.1) is 0 Å². The Bertz CT molecular complexity index is 500. The predicted octanol–water partition coefficient (Wildman–Crippen LogP) is 0.439. The molecule has 0 saturated carbocycles. The summed E-state index contributed by atoms with van der Waals surface area (Å²) in [5.41, 5.74) is 0.133. The van der Waals surface area contributed by atoms with Crippen LogP contribution in [0.15, 0.2) is 18.3 Å². The number of nitrogens with one attached hydrogen (secondary N) is 1. The largest absolute Gasteiger partial charge is 0.478 e. The third-order valence-corrected chi connectivity index (χ3v) is 3.06. The summed E-state index contributed by atoms with van der Waals surface area (Å²) < 4.78 is 5.20. The van der Waals surface area contributed by atoms with Gasteiger partial charge >= 0.3 is 5.97 Å². The quantitative estimate of drug-likeness (QED) is 0.831. The number of carbonyl (C=O) groups excluding carboxylic acids is 1. The van der Waals surface area contributed by atoms with E-state index in [1.54, 1.807) is 11.8 Å². The summed E-state index contributed by atoms with van der Waals surface area (Å²) in [6.07, 6.45) is 1.40. The summed E-state index contributed by atoms with van der Waals surface area (Å²) >= 11 is 0. The molecule has 0 aliphatic carbocycles. The van der Waals surface area contributed by atoms with Crippen LogP contribution in [-0.2, 0) is 9.53 Å². The molecule has 0 spiro atoms. The van der Waals surface area contributed by atoms with Crippen molar-refractivity contribution >= 4 is 17.7 Å². The Labute approximate surface area is 116 Å². The molecule has 108 valence electrons. The molecule has 7 heteroatoms. The average molecular weight is 279 g/mol. The number of carboxylic acid groups (broad SMARTS) is 1. The van der Waals surface area contributed by atoms with Crippen molar-refractivity contribution in [1.82, 2.24) is 9.88 Å². The fourth-order valence-corrected chi connectivity index (χ4v) is 1.98. The number of carbonyl (C=O) groups is 2. The van der Waals surface area contributed by atoms with Gasteiger partial charge in [0.05, 0.1) is 18.8 Å². The van der Waals surface area contributed by atoms with Gasteiger partial charge < -0.3 is 20.1 Å². The molecule has 1 amide bonds. The maximum absolute atomic E-state index is 12.2. The highest BCUT2D eigenvalue weighted by Crippen LogP contribution is 2.10. The lowest BCUT2D eigenvalue weighted by Gasteiger charge is -2.29. The topological polar surface area (TPSA) is 91.8 Å². The number of ether oxygens (including phenoxy) is 1. The molecular weight excluding hydrogens is 262 g/mol. The van der Waals surface area contributed by atoms with Crippen LogP contribution in [0, 0.1) is 0 Å². The third kappa shape index (κ3) is 3.45. The van der Waals surface area contributed by atoms with Gasteiger partial charge in [0.2, 0.25) is 5.91 Å². The third-order valence-electron chi connectivity index (χ3n) is 3.06. The van der Waals surface area contributed by atoms with E-state index in [-0.39, 0.29) is 11.5 Å². The van der Waals surface area contributed by atoms with Crippen molar-refractivity contribution in [1.29, 1.82) is 0 Å². The van der Waals surface area contributed by atoms with Crippen molar-refractivity contribution < 1.29 is 19.4 Å². The average Bonchev–Trinajstić information content (AvgIpc) is 2.47. The molecule has 0 aromatic carbocycles. The van der Waals surface area contributed by atoms with Crippen LogP contribution in [0.25, 0.3) is 0 Å². The standard InChI is InChI=1S/C13H17N3O4/c1-9(12(17)16-4-6-20-7-5-16)15-11-8-10(13(18)19)2-3-14-11/h2-3,8-9H,4-7H2,1H3,(H,14,15)(H,18,19). The second-order valence-corrected chi connectivity index (χ2v) is 4.54. The lowest BCUT2D eigenvalue weighted by atomic mass is 10.2. The lowest BCUT2D eigenvalue weighted by Crippen LogP contribution is -2.47. The van der Waals surface area contributed by atoms with Crippen molar-refractivity contribution in [2.75, 3.05) is 31.6 Å². The Morgan fingerprint density at radius 2 is 2.15 bits per heavy atom. The van der Waals surface area contributed by atoms with Crippen LogP contribution in [0.4, 0.5) is 5.82 Å². The number of morpholine rings is 1. The van der Waals surface area contributed by atoms with Gasteiger partial charge in [0.1, 0.15) is 11.9 Å². The summed E-state index contributed by atoms with van der Waals surface area (Å²) in [4.78, 5) is 28.8. The summed E-state index contributed by atoms with van der Waals surface area (Å²) in [7, 11) is 0. The monoisotopic (exact) mass is 279 g/mol. The Morgan fingerprint density at radius 3 is 2.80 bits per heavy atom. The molecule has 2 heterocycles.